The zero-order valence-corrected chi connectivity index (χ0v) is 12.8. The number of rotatable bonds is 7. The number of hydrogen-bond acceptors (Lipinski definition) is 4. The molecule has 1 heterocycles. The summed E-state index contributed by atoms with van der Waals surface area (Å²) in [6.45, 7) is 5.66. The molecule has 112 valence electrons. The predicted octanol–water partition coefficient (Wildman–Crippen LogP) is 0.646. The number of nitrogens with zero attached hydrogens (tertiary/aromatic N) is 2. The molecular formula is C13H20N2O4S. The van der Waals surface area contributed by atoms with Gasteiger partial charge in [-0.25, -0.2) is 4.79 Å². The molecule has 0 aromatic carbocycles. The van der Waals surface area contributed by atoms with E-state index in [2.05, 4.69) is 4.98 Å². The number of aromatic nitrogens is 2. The average molecular weight is 300 g/mol. The van der Waals surface area contributed by atoms with Gasteiger partial charge in [-0.15, -0.1) is 0 Å². The van der Waals surface area contributed by atoms with E-state index in [1.165, 1.54) is 4.57 Å². The molecule has 1 unspecified atom stereocenters. The maximum absolute atomic E-state index is 11.9. The van der Waals surface area contributed by atoms with Crippen molar-refractivity contribution in [2.24, 2.45) is 0 Å². The molecule has 6 nitrogen and oxygen atoms in total. The van der Waals surface area contributed by atoms with E-state index in [1.54, 1.807) is 13.8 Å². The van der Waals surface area contributed by atoms with Crippen molar-refractivity contribution in [3.05, 3.63) is 27.4 Å². The summed E-state index contributed by atoms with van der Waals surface area (Å²) in [7, 11) is -0.949. The molecule has 1 atom stereocenters. The molecule has 1 N–H and O–H groups in total. The summed E-state index contributed by atoms with van der Waals surface area (Å²) < 4.78 is 13.0. The van der Waals surface area contributed by atoms with Gasteiger partial charge in [-0.1, -0.05) is 6.92 Å². The molecule has 0 saturated heterocycles. The maximum atomic E-state index is 11.9. The van der Waals surface area contributed by atoms with Crippen LogP contribution in [0.4, 0.5) is 0 Å². The lowest BCUT2D eigenvalue weighted by molar-refractivity contribution is -0.136. The second-order valence-electron chi connectivity index (χ2n) is 4.52. The van der Waals surface area contributed by atoms with E-state index in [4.69, 9.17) is 5.11 Å². The Bertz CT molecular complexity index is 580. The molecule has 20 heavy (non-hydrogen) atoms. The first-order valence-electron chi connectivity index (χ1n) is 6.50. The minimum absolute atomic E-state index is 0.00243. The highest BCUT2D eigenvalue weighted by Gasteiger charge is 2.13. The van der Waals surface area contributed by atoms with E-state index < -0.39 is 16.8 Å². The van der Waals surface area contributed by atoms with Gasteiger partial charge >= 0.3 is 11.7 Å². The summed E-state index contributed by atoms with van der Waals surface area (Å²) in [6.07, 6.45) is 0.347. The number of aliphatic carboxylic acids is 1. The van der Waals surface area contributed by atoms with E-state index in [0.29, 0.717) is 30.2 Å². The molecule has 0 fully saturated rings. The van der Waals surface area contributed by atoms with Crippen molar-refractivity contribution in [2.45, 2.75) is 40.2 Å². The summed E-state index contributed by atoms with van der Waals surface area (Å²) in [5, 5.41) is 8.76. The fourth-order valence-electron chi connectivity index (χ4n) is 2.03. The lowest BCUT2D eigenvalue weighted by Gasteiger charge is -2.14. The molecule has 0 aliphatic carbocycles. The smallest absolute Gasteiger partial charge is 0.348 e. The van der Waals surface area contributed by atoms with E-state index in [0.717, 1.165) is 11.3 Å². The van der Waals surface area contributed by atoms with Crippen molar-refractivity contribution in [1.82, 2.24) is 9.55 Å². The third-order valence-electron chi connectivity index (χ3n) is 3.23. The Balaban J connectivity index is 3.05. The van der Waals surface area contributed by atoms with Crippen molar-refractivity contribution in [2.75, 3.05) is 11.5 Å². The molecule has 0 spiro atoms. The number of carbonyl (C=O) groups is 1. The van der Waals surface area contributed by atoms with Crippen molar-refractivity contribution in [1.29, 1.82) is 0 Å². The lowest BCUT2D eigenvalue weighted by Crippen LogP contribution is -2.30. The first kappa shape index (κ1) is 16.6. The Labute approximate surface area is 120 Å². The number of hydrogen-bond donors (Lipinski definition) is 1. The van der Waals surface area contributed by atoms with Crippen molar-refractivity contribution in [3.63, 3.8) is 0 Å². The Morgan fingerprint density at radius 2 is 2.05 bits per heavy atom. The summed E-state index contributed by atoms with van der Waals surface area (Å²) in [6, 6.07) is 0. The van der Waals surface area contributed by atoms with Crippen molar-refractivity contribution < 1.29 is 14.1 Å². The minimum atomic E-state index is -0.949. The Morgan fingerprint density at radius 1 is 1.40 bits per heavy atom. The Hall–Kier alpha value is -1.50. The van der Waals surface area contributed by atoms with Gasteiger partial charge in [0.2, 0.25) is 0 Å². The van der Waals surface area contributed by atoms with E-state index in [1.807, 2.05) is 6.92 Å². The third-order valence-corrected chi connectivity index (χ3v) is 4.51. The third kappa shape index (κ3) is 4.26. The monoisotopic (exact) mass is 300 g/mol. The highest BCUT2D eigenvalue weighted by Crippen LogP contribution is 2.12. The second kappa shape index (κ2) is 7.33. The molecule has 0 bridgehead atoms. The molecule has 0 amide bonds. The van der Waals surface area contributed by atoms with Crippen LogP contribution < -0.4 is 5.69 Å². The standard InChI is InChI=1S/C13H20N2O4S/c1-4-20(19)8-7-15-10(3)11(5-6-12(16)17)9(2)14-13(15)18/h4-8H2,1-3H3,(H,16,17). The van der Waals surface area contributed by atoms with Crippen LogP contribution in [-0.4, -0.2) is 36.3 Å². The van der Waals surface area contributed by atoms with E-state index in [9.17, 15) is 13.8 Å². The van der Waals surface area contributed by atoms with Gasteiger partial charge in [0.05, 0.1) is 0 Å². The highest BCUT2D eigenvalue weighted by molar-refractivity contribution is 7.84. The number of aryl methyl sites for hydroxylation is 1. The average Bonchev–Trinajstić information content (AvgIpc) is 2.37. The maximum Gasteiger partial charge on any atom is 0.348 e. The van der Waals surface area contributed by atoms with Gasteiger partial charge in [0.1, 0.15) is 0 Å². The summed E-state index contributed by atoms with van der Waals surface area (Å²) >= 11 is 0. The molecule has 1 aromatic heterocycles. The molecule has 0 aliphatic heterocycles. The van der Waals surface area contributed by atoms with E-state index >= 15 is 0 Å². The van der Waals surface area contributed by atoms with Crippen LogP contribution in [0.15, 0.2) is 4.79 Å². The zero-order chi connectivity index (χ0) is 15.3. The van der Waals surface area contributed by atoms with Gasteiger partial charge in [0, 0.05) is 46.7 Å². The molecule has 0 aliphatic rings. The molecule has 1 rings (SSSR count). The topological polar surface area (TPSA) is 89.3 Å². The van der Waals surface area contributed by atoms with Gasteiger partial charge in [-0.2, -0.15) is 4.98 Å². The van der Waals surface area contributed by atoms with Crippen molar-refractivity contribution in [3.8, 4) is 0 Å². The first-order chi connectivity index (χ1) is 9.36. The van der Waals surface area contributed by atoms with Crippen LogP contribution in [0.25, 0.3) is 0 Å². The Morgan fingerprint density at radius 3 is 2.60 bits per heavy atom. The highest BCUT2D eigenvalue weighted by atomic mass is 32.2. The van der Waals surface area contributed by atoms with Gasteiger partial charge in [-0.3, -0.25) is 13.6 Å². The van der Waals surface area contributed by atoms with Crippen molar-refractivity contribution >= 4 is 16.8 Å². The van der Waals surface area contributed by atoms with Crippen LogP contribution in [0, 0.1) is 13.8 Å². The van der Waals surface area contributed by atoms with Gasteiger partial charge < -0.3 is 5.11 Å². The minimum Gasteiger partial charge on any atom is -0.481 e. The van der Waals surface area contributed by atoms with Crippen LogP contribution in [0.2, 0.25) is 0 Å². The second-order valence-corrected chi connectivity index (χ2v) is 6.39. The van der Waals surface area contributed by atoms with Gasteiger partial charge in [0.25, 0.3) is 0 Å². The SMILES string of the molecule is CCS(=O)CCn1c(C)c(CCC(=O)O)c(C)nc1=O. The molecule has 0 radical (unpaired) electrons. The summed E-state index contributed by atoms with van der Waals surface area (Å²) in [5.74, 6) is 0.0768. The molecule has 0 saturated carbocycles. The largest absolute Gasteiger partial charge is 0.481 e. The van der Waals surface area contributed by atoms with Gasteiger partial charge in [0.15, 0.2) is 0 Å². The predicted molar refractivity (Wildman–Crippen MR) is 77.5 cm³/mol. The van der Waals surface area contributed by atoms with E-state index in [-0.39, 0.29) is 12.1 Å². The molecule has 7 heteroatoms. The quantitative estimate of drug-likeness (QED) is 0.798. The van der Waals surface area contributed by atoms with Gasteiger partial charge in [-0.05, 0) is 25.8 Å². The molecule has 1 aromatic rings. The van der Waals surface area contributed by atoms with Crippen LogP contribution in [0.5, 0.6) is 0 Å². The fourth-order valence-corrected chi connectivity index (χ4v) is 2.71. The van der Waals surface area contributed by atoms with Crippen LogP contribution in [0.1, 0.15) is 30.3 Å². The summed E-state index contributed by atoms with van der Waals surface area (Å²) in [5.41, 5.74) is 1.71. The fraction of sp³-hybridized carbons (Fsp3) is 0.615. The van der Waals surface area contributed by atoms with Crippen LogP contribution in [-0.2, 0) is 28.6 Å². The van der Waals surface area contributed by atoms with Crippen LogP contribution >= 0.6 is 0 Å². The lowest BCUT2D eigenvalue weighted by atomic mass is 10.1. The number of carboxylic acids is 1. The normalized spacial score (nSPS) is 12.3. The number of carboxylic acid groups (broad SMARTS) is 1. The molecular weight excluding hydrogens is 280 g/mol. The first-order valence-corrected chi connectivity index (χ1v) is 7.99. The zero-order valence-electron chi connectivity index (χ0n) is 12.0. The Kier molecular flexibility index (Phi) is 6.06. The van der Waals surface area contributed by atoms with Crippen LogP contribution in [0.3, 0.4) is 0 Å². The summed E-state index contributed by atoms with van der Waals surface area (Å²) in [4.78, 5) is 26.5.